The summed E-state index contributed by atoms with van der Waals surface area (Å²) < 4.78 is 2.80. The van der Waals surface area contributed by atoms with Crippen LogP contribution in [0.2, 0.25) is 5.02 Å². The smallest absolute Gasteiger partial charge is 0.261 e. The highest BCUT2D eigenvalue weighted by molar-refractivity contribution is 6.32. The summed E-state index contributed by atoms with van der Waals surface area (Å²) in [6.45, 7) is -0.114. The molecule has 0 aliphatic heterocycles. The van der Waals surface area contributed by atoms with Gasteiger partial charge in [-0.15, -0.1) is 5.10 Å². The number of aromatic nitrogens is 7. The van der Waals surface area contributed by atoms with E-state index in [1.54, 1.807) is 30.6 Å². The van der Waals surface area contributed by atoms with E-state index in [2.05, 4.69) is 30.5 Å². The van der Waals surface area contributed by atoms with Gasteiger partial charge < -0.3 is 10.3 Å². The van der Waals surface area contributed by atoms with Crippen LogP contribution in [0.1, 0.15) is 0 Å². The van der Waals surface area contributed by atoms with Gasteiger partial charge in [-0.3, -0.25) is 9.59 Å². The number of H-pyrrole nitrogens is 1. The first-order valence-corrected chi connectivity index (χ1v) is 7.85. The van der Waals surface area contributed by atoms with E-state index in [1.807, 2.05) is 0 Å². The predicted octanol–water partition coefficient (Wildman–Crippen LogP) is 0.992. The van der Waals surface area contributed by atoms with Gasteiger partial charge in [0.15, 0.2) is 17.3 Å². The molecular weight excluding hydrogens is 360 g/mol. The third-order valence-electron chi connectivity index (χ3n) is 3.54. The Hall–Kier alpha value is -3.53. The molecule has 0 fully saturated rings. The van der Waals surface area contributed by atoms with E-state index in [-0.39, 0.29) is 18.0 Å². The minimum atomic E-state index is -0.366. The van der Waals surface area contributed by atoms with Gasteiger partial charge >= 0.3 is 0 Å². The zero-order valence-electron chi connectivity index (χ0n) is 13.1. The first-order chi connectivity index (χ1) is 12.6. The van der Waals surface area contributed by atoms with E-state index >= 15 is 0 Å². The van der Waals surface area contributed by atoms with Crippen LogP contribution in [0.5, 0.6) is 0 Å². The van der Waals surface area contributed by atoms with Gasteiger partial charge in [-0.1, -0.05) is 11.6 Å². The molecule has 0 aromatic carbocycles. The fraction of sp³-hybridized carbons (Fsp3) is 0.0667. The van der Waals surface area contributed by atoms with Crippen LogP contribution in [-0.2, 0) is 11.3 Å². The molecule has 0 radical (unpaired) electrons. The zero-order chi connectivity index (χ0) is 18.1. The molecule has 0 aliphatic rings. The van der Waals surface area contributed by atoms with Gasteiger partial charge in [0.1, 0.15) is 11.9 Å². The molecule has 11 heteroatoms. The Kier molecular flexibility index (Phi) is 3.93. The lowest BCUT2D eigenvalue weighted by Crippen LogP contribution is -2.20. The number of fused-ring (bicyclic) bond motifs is 1. The Bertz CT molecular complexity index is 1160. The van der Waals surface area contributed by atoms with E-state index < -0.39 is 0 Å². The van der Waals surface area contributed by atoms with Crippen LogP contribution in [0.4, 0.5) is 5.82 Å². The first kappa shape index (κ1) is 16.0. The minimum absolute atomic E-state index is 0.114. The van der Waals surface area contributed by atoms with Gasteiger partial charge in [0, 0.05) is 18.5 Å². The maximum Gasteiger partial charge on any atom is 0.261 e. The van der Waals surface area contributed by atoms with Gasteiger partial charge in [0.2, 0.25) is 5.91 Å². The topological polar surface area (TPSA) is 123 Å². The molecule has 10 nitrogen and oxygen atoms in total. The van der Waals surface area contributed by atoms with Crippen molar-refractivity contribution in [2.24, 2.45) is 0 Å². The summed E-state index contributed by atoms with van der Waals surface area (Å²) in [6.07, 6.45) is 5.86. The van der Waals surface area contributed by atoms with Crippen molar-refractivity contribution in [1.29, 1.82) is 0 Å². The second-order valence-electron chi connectivity index (χ2n) is 5.27. The monoisotopic (exact) mass is 370 g/mol. The highest BCUT2D eigenvalue weighted by atomic mass is 35.5. The van der Waals surface area contributed by atoms with Gasteiger partial charge in [0.25, 0.3) is 5.56 Å². The molecular formula is C15H11ClN8O2. The second-order valence-corrected chi connectivity index (χ2v) is 5.68. The van der Waals surface area contributed by atoms with E-state index in [1.165, 1.54) is 21.9 Å². The summed E-state index contributed by atoms with van der Waals surface area (Å²) in [5.74, 6) is 0.421. The predicted molar refractivity (Wildman–Crippen MR) is 93.1 cm³/mol. The zero-order valence-corrected chi connectivity index (χ0v) is 13.9. The number of pyridine rings is 1. The minimum Gasteiger partial charge on any atom is -0.312 e. The van der Waals surface area contributed by atoms with Crippen LogP contribution < -0.4 is 10.9 Å². The van der Waals surface area contributed by atoms with Crippen LogP contribution in [0.15, 0.2) is 47.9 Å². The molecule has 130 valence electrons. The molecule has 0 spiro atoms. The standard InChI is InChI=1S/C15H11ClN8O2/c16-10-2-1-4-17-14(10)23-5-3-11(22-23)21-12(25)7-24-13-9(6-20-24)15(26)19-8-18-13/h1-6,8H,7H2,(H,18,19,26)(H,21,22,25). The van der Waals surface area contributed by atoms with Crippen LogP contribution in [0, 0.1) is 0 Å². The first-order valence-electron chi connectivity index (χ1n) is 7.47. The van der Waals surface area contributed by atoms with Gasteiger partial charge in [-0.05, 0) is 12.1 Å². The normalized spacial score (nSPS) is 11.0. The van der Waals surface area contributed by atoms with Crippen molar-refractivity contribution >= 4 is 34.4 Å². The van der Waals surface area contributed by atoms with E-state index in [9.17, 15) is 9.59 Å². The summed E-state index contributed by atoms with van der Waals surface area (Å²) in [5, 5.41) is 11.7. The molecule has 1 amide bonds. The molecule has 0 unspecified atom stereocenters. The number of anilines is 1. The molecule has 4 rings (SSSR count). The lowest BCUT2D eigenvalue weighted by molar-refractivity contribution is -0.116. The van der Waals surface area contributed by atoms with E-state index in [0.717, 1.165) is 0 Å². The number of halogens is 1. The molecule has 0 saturated carbocycles. The third kappa shape index (κ3) is 2.93. The van der Waals surface area contributed by atoms with Crippen LogP contribution in [-0.4, -0.2) is 40.4 Å². The number of nitrogens with one attached hydrogen (secondary N) is 2. The van der Waals surface area contributed by atoms with E-state index in [4.69, 9.17) is 11.6 Å². The maximum atomic E-state index is 12.2. The van der Waals surface area contributed by atoms with Crippen molar-refractivity contribution < 1.29 is 4.79 Å². The molecule has 4 heterocycles. The highest BCUT2D eigenvalue weighted by Crippen LogP contribution is 2.17. The lowest BCUT2D eigenvalue weighted by Gasteiger charge is -2.04. The number of hydrogen-bond donors (Lipinski definition) is 2. The van der Waals surface area contributed by atoms with Crippen molar-refractivity contribution in [2.75, 3.05) is 5.32 Å². The van der Waals surface area contributed by atoms with Crippen LogP contribution >= 0.6 is 11.6 Å². The average Bonchev–Trinajstić information content (AvgIpc) is 3.24. The van der Waals surface area contributed by atoms with Crippen molar-refractivity contribution in [2.45, 2.75) is 6.54 Å². The van der Waals surface area contributed by atoms with Gasteiger partial charge in [-0.2, -0.15) is 5.10 Å². The summed E-state index contributed by atoms with van der Waals surface area (Å²) in [4.78, 5) is 34.5. The molecule has 0 aliphatic carbocycles. The summed E-state index contributed by atoms with van der Waals surface area (Å²) >= 11 is 6.08. The number of hydrogen-bond acceptors (Lipinski definition) is 6. The number of amides is 1. The van der Waals surface area contributed by atoms with E-state index in [0.29, 0.717) is 27.7 Å². The fourth-order valence-electron chi connectivity index (χ4n) is 2.39. The van der Waals surface area contributed by atoms with Gasteiger partial charge in [-0.25, -0.2) is 19.3 Å². The third-order valence-corrected chi connectivity index (χ3v) is 3.84. The fourth-order valence-corrected chi connectivity index (χ4v) is 2.60. The molecule has 4 aromatic heterocycles. The lowest BCUT2D eigenvalue weighted by atomic mass is 10.4. The van der Waals surface area contributed by atoms with Crippen molar-refractivity contribution in [3.05, 3.63) is 58.5 Å². The Labute approximate surface area is 150 Å². The van der Waals surface area contributed by atoms with Gasteiger partial charge in [0.05, 0.1) is 17.5 Å². The molecule has 0 saturated heterocycles. The Morgan fingerprint density at radius 1 is 1.31 bits per heavy atom. The summed E-state index contributed by atoms with van der Waals surface area (Å²) in [7, 11) is 0. The largest absolute Gasteiger partial charge is 0.312 e. The number of nitrogens with zero attached hydrogens (tertiary/aromatic N) is 6. The Balaban J connectivity index is 1.51. The molecule has 26 heavy (non-hydrogen) atoms. The number of carbonyl (C=O) groups is 1. The quantitative estimate of drug-likeness (QED) is 0.552. The molecule has 2 N–H and O–H groups in total. The Morgan fingerprint density at radius 3 is 3.04 bits per heavy atom. The van der Waals surface area contributed by atoms with Crippen molar-refractivity contribution in [3.8, 4) is 5.82 Å². The summed E-state index contributed by atoms with van der Waals surface area (Å²) in [5.41, 5.74) is 0.0161. The number of rotatable bonds is 4. The maximum absolute atomic E-state index is 12.2. The van der Waals surface area contributed by atoms with Crippen LogP contribution in [0.25, 0.3) is 16.9 Å². The Morgan fingerprint density at radius 2 is 2.19 bits per heavy atom. The van der Waals surface area contributed by atoms with Crippen molar-refractivity contribution in [1.82, 2.24) is 34.5 Å². The molecule has 4 aromatic rings. The average molecular weight is 371 g/mol. The second kappa shape index (κ2) is 6.41. The van der Waals surface area contributed by atoms with Crippen molar-refractivity contribution in [3.63, 3.8) is 0 Å². The molecule has 0 bridgehead atoms. The highest BCUT2D eigenvalue weighted by Gasteiger charge is 2.12. The van der Waals surface area contributed by atoms with Crippen LogP contribution in [0.3, 0.4) is 0 Å². The molecule has 0 atom stereocenters. The SMILES string of the molecule is O=C(Cn1ncc2c(=O)[nH]cnc21)Nc1ccn(-c2ncccc2Cl)n1. The number of aromatic amines is 1. The number of carbonyl (C=O) groups excluding carboxylic acids is 1. The summed E-state index contributed by atoms with van der Waals surface area (Å²) in [6, 6.07) is 5.03.